The number of aliphatic hydroxyl groups is 1. The van der Waals surface area contributed by atoms with Gasteiger partial charge in [-0.1, -0.05) is 48.5 Å². The van der Waals surface area contributed by atoms with E-state index in [0.29, 0.717) is 11.8 Å². The lowest BCUT2D eigenvalue weighted by molar-refractivity contribution is -0.984. The molecule has 4 aromatic rings. The van der Waals surface area contributed by atoms with Crippen LogP contribution in [0.25, 0.3) is 21.7 Å². The third-order valence-electron chi connectivity index (χ3n) is 8.71. The van der Waals surface area contributed by atoms with Crippen LogP contribution in [0.5, 0.6) is 5.75 Å². The van der Waals surface area contributed by atoms with Gasteiger partial charge >= 0.3 is 0 Å². The number of quaternary nitrogens is 1. The minimum Gasteiger partial charge on any atom is -1.00 e. The largest absolute Gasteiger partial charge is 1.00 e. The van der Waals surface area contributed by atoms with Crippen LogP contribution < -0.4 is 21.7 Å². The summed E-state index contributed by atoms with van der Waals surface area (Å²) in [7, 11) is 1.68. The Hall–Kier alpha value is -2.73. The van der Waals surface area contributed by atoms with Crippen molar-refractivity contribution in [3.05, 3.63) is 96.7 Å². The number of fused-ring (bicyclic) bond motifs is 5. The van der Waals surface area contributed by atoms with E-state index in [1.54, 1.807) is 7.11 Å². The molecule has 4 nitrogen and oxygen atoms in total. The number of piperidine rings is 3. The lowest BCUT2D eigenvalue weighted by Crippen LogP contribution is -3.00. The first kappa shape index (κ1) is 24.9. The number of methoxy groups -OCH3 is 1. The molecule has 0 spiro atoms. The third-order valence-corrected chi connectivity index (χ3v) is 8.71. The van der Waals surface area contributed by atoms with Gasteiger partial charge in [0.15, 0.2) is 0 Å². The fourth-order valence-electron chi connectivity index (χ4n) is 6.89. The summed E-state index contributed by atoms with van der Waals surface area (Å²) in [5, 5.41) is 15.6. The molecule has 3 aliphatic heterocycles. The molecule has 0 unspecified atom stereocenters. The zero-order valence-electron chi connectivity index (χ0n) is 20.7. The second kappa shape index (κ2) is 9.97. The number of aromatic nitrogens is 1. The van der Waals surface area contributed by atoms with Crippen LogP contribution in [-0.2, 0) is 6.54 Å². The highest BCUT2D eigenvalue weighted by Crippen LogP contribution is 2.48. The number of hydrogen-bond donors (Lipinski definition) is 1. The Balaban J connectivity index is 0.00000267. The van der Waals surface area contributed by atoms with Crippen molar-refractivity contribution in [1.29, 1.82) is 0 Å². The van der Waals surface area contributed by atoms with Crippen molar-refractivity contribution >= 4 is 21.7 Å². The molecule has 2 bridgehead atoms. The molecule has 4 heterocycles. The monoisotopic (exact) mass is 544 g/mol. The molecule has 186 valence electrons. The fraction of sp³-hybridized carbons (Fsp3) is 0.323. The zero-order chi connectivity index (χ0) is 24.0. The van der Waals surface area contributed by atoms with E-state index < -0.39 is 6.10 Å². The molecule has 3 aliphatic rings. The molecule has 36 heavy (non-hydrogen) atoms. The van der Waals surface area contributed by atoms with Gasteiger partial charge in [0.1, 0.15) is 24.4 Å². The molecule has 3 saturated heterocycles. The number of halogens is 1. The van der Waals surface area contributed by atoms with Crippen LogP contribution in [0.4, 0.5) is 0 Å². The number of nitrogens with zero attached hydrogens (tertiary/aromatic N) is 2. The maximum atomic E-state index is 12.0. The predicted molar refractivity (Wildman–Crippen MR) is 141 cm³/mol. The van der Waals surface area contributed by atoms with Crippen molar-refractivity contribution < 1.29 is 31.3 Å². The van der Waals surface area contributed by atoms with Gasteiger partial charge in [0.25, 0.3) is 0 Å². The minimum atomic E-state index is -0.573. The fourth-order valence-corrected chi connectivity index (χ4v) is 6.89. The predicted octanol–water partition coefficient (Wildman–Crippen LogP) is 3.05. The second-order valence-corrected chi connectivity index (χ2v) is 10.4. The molecule has 0 aliphatic carbocycles. The van der Waals surface area contributed by atoms with Gasteiger partial charge < -0.3 is 31.3 Å². The van der Waals surface area contributed by atoms with Gasteiger partial charge in [-0.3, -0.25) is 4.98 Å². The van der Waals surface area contributed by atoms with Crippen molar-refractivity contribution in [3.63, 3.8) is 0 Å². The van der Waals surface area contributed by atoms with E-state index >= 15 is 0 Å². The number of hydrogen-bond acceptors (Lipinski definition) is 3. The van der Waals surface area contributed by atoms with Gasteiger partial charge in [-0.2, -0.15) is 0 Å². The molecule has 5 heteroatoms. The Morgan fingerprint density at radius 1 is 1.11 bits per heavy atom. The van der Waals surface area contributed by atoms with Crippen LogP contribution in [-0.4, -0.2) is 40.8 Å². The molecule has 0 radical (unpaired) electrons. The van der Waals surface area contributed by atoms with Crippen LogP contribution in [0, 0.1) is 11.8 Å². The van der Waals surface area contributed by atoms with Gasteiger partial charge in [0.2, 0.25) is 0 Å². The second-order valence-electron chi connectivity index (χ2n) is 10.4. The Morgan fingerprint density at radius 3 is 2.78 bits per heavy atom. The molecular formula is C31H33BrN2O2. The van der Waals surface area contributed by atoms with Gasteiger partial charge in [-0.25, -0.2) is 0 Å². The number of pyridine rings is 1. The molecule has 7 rings (SSSR count). The Morgan fingerprint density at radius 2 is 1.94 bits per heavy atom. The SMILES string of the molecule is C=C[C@H]1C[N@+]2(Cc3cccc4ccccc34)CC[C@H]1C[C@@H]2[C@@H](O)c1ccnc2ccc(OC)cc12.[Br-]. The summed E-state index contributed by atoms with van der Waals surface area (Å²) in [4.78, 5) is 4.55. The van der Waals surface area contributed by atoms with E-state index in [-0.39, 0.29) is 23.0 Å². The summed E-state index contributed by atoms with van der Waals surface area (Å²) in [6.07, 6.45) is 5.61. The molecule has 0 amide bonds. The van der Waals surface area contributed by atoms with Crippen LogP contribution in [0.1, 0.15) is 30.1 Å². The molecule has 3 fully saturated rings. The number of ether oxygens (including phenoxy) is 1. The summed E-state index contributed by atoms with van der Waals surface area (Å²) < 4.78 is 6.39. The van der Waals surface area contributed by atoms with Gasteiger partial charge in [-0.15, -0.1) is 6.58 Å². The molecule has 0 saturated carbocycles. The number of aliphatic hydroxyl groups excluding tert-OH is 1. The Labute approximate surface area is 223 Å². The highest BCUT2D eigenvalue weighted by Gasteiger charge is 2.54. The van der Waals surface area contributed by atoms with E-state index in [2.05, 4.69) is 60.1 Å². The van der Waals surface area contributed by atoms with Gasteiger partial charge in [0, 0.05) is 35.9 Å². The standard InChI is InChI=1S/C31H33N2O2.BrH/c1-3-21-19-33(20-24-9-6-8-22-7-4-5-10-26(22)24)16-14-23(21)17-30(33)31(34)27-13-15-32-29-12-11-25(35-2)18-28(27)29;/h3-13,15,18,21,23,30-31,34H,1,14,16-17,19-20H2,2H3;1H/q+1;/p-1/t21-,23-,30+,31-,33-;/m0./s1. The topological polar surface area (TPSA) is 42.4 Å². The first-order valence-corrected chi connectivity index (χ1v) is 12.7. The van der Waals surface area contributed by atoms with Crippen molar-refractivity contribution in [1.82, 2.24) is 4.98 Å². The summed E-state index contributed by atoms with van der Waals surface area (Å²) in [6.45, 7) is 7.23. The molecular weight excluding hydrogens is 512 g/mol. The minimum absolute atomic E-state index is 0. The van der Waals surface area contributed by atoms with Crippen molar-refractivity contribution in [2.45, 2.75) is 31.5 Å². The zero-order valence-corrected chi connectivity index (χ0v) is 22.3. The van der Waals surface area contributed by atoms with E-state index in [1.807, 2.05) is 30.5 Å². The highest BCUT2D eigenvalue weighted by molar-refractivity contribution is 5.85. The average Bonchev–Trinajstić information content (AvgIpc) is 2.92. The van der Waals surface area contributed by atoms with Crippen LogP contribution in [0.15, 0.2) is 85.6 Å². The van der Waals surface area contributed by atoms with Gasteiger partial charge in [0.05, 0.1) is 25.7 Å². The smallest absolute Gasteiger partial charge is 0.131 e. The quantitative estimate of drug-likeness (QED) is 0.299. The maximum absolute atomic E-state index is 12.0. The summed E-state index contributed by atoms with van der Waals surface area (Å²) >= 11 is 0. The lowest BCUT2D eigenvalue weighted by atomic mass is 9.71. The average molecular weight is 546 g/mol. The van der Waals surface area contributed by atoms with Gasteiger partial charge in [-0.05, 0) is 46.5 Å². The number of benzene rings is 3. The lowest BCUT2D eigenvalue weighted by Gasteiger charge is -2.58. The Bertz CT molecular complexity index is 1400. The summed E-state index contributed by atoms with van der Waals surface area (Å²) in [5.74, 6) is 1.87. The third kappa shape index (κ3) is 4.13. The van der Waals surface area contributed by atoms with E-state index in [9.17, 15) is 5.11 Å². The van der Waals surface area contributed by atoms with Crippen molar-refractivity contribution in [3.8, 4) is 5.75 Å². The molecule has 1 N–H and O–H groups in total. The highest BCUT2D eigenvalue weighted by atomic mass is 79.9. The summed E-state index contributed by atoms with van der Waals surface area (Å²) in [6, 6.07) is 23.3. The molecule has 1 aromatic heterocycles. The first-order chi connectivity index (χ1) is 17.1. The summed E-state index contributed by atoms with van der Waals surface area (Å²) in [5.41, 5.74) is 3.21. The first-order valence-electron chi connectivity index (χ1n) is 12.7. The van der Waals surface area contributed by atoms with Crippen LogP contribution in [0.2, 0.25) is 0 Å². The van der Waals surface area contributed by atoms with Crippen LogP contribution >= 0.6 is 0 Å². The van der Waals surface area contributed by atoms with E-state index in [0.717, 1.165) is 52.8 Å². The number of rotatable bonds is 6. The Kier molecular flexibility index (Phi) is 6.90. The maximum Gasteiger partial charge on any atom is 0.131 e. The van der Waals surface area contributed by atoms with Crippen LogP contribution in [0.3, 0.4) is 0 Å². The van der Waals surface area contributed by atoms with E-state index in [4.69, 9.17) is 4.74 Å². The van der Waals surface area contributed by atoms with Crippen molar-refractivity contribution in [2.75, 3.05) is 20.2 Å². The normalized spacial score (nSPS) is 25.9. The molecule has 5 atom stereocenters. The van der Waals surface area contributed by atoms with E-state index in [1.165, 1.54) is 22.8 Å². The molecule has 3 aromatic carbocycles. The van der Waals surface area contributed by atoms with Crippen molar-refractivity contribution in [2.24, 2.45) is 11.8 Å².